The summed E-state index contributed by atoms with van der Waals surface area (Å²) < 4.78 is 13.8. The third kappa shape index (κ3) is 2.15. The van der Waals surface area contributed by atoms with E-state index < -0.39 is 0 Å². The van der Waals surface area contributed by atoms with Crippen molar-refractivity contribution in [2.24, 2.45) is 0 Å². The Morgan fingerprint density at radius 2 is 2.05 bits per heavy atom. The number of hydrogen-bond acceptors (Lipinski definition) is 1. The van der Waals surface area contributed by atoms with Gasteiger partial charge in [0.25, 0.3) is 0 Å². The topological polar surface area (TPSA) is 12.9 Å². The second-order valence-electron chi connectivity index (χ2n) is 5.74. The molecule has 1 aromatic heterocycles. The summed E-state index contributed by atoms with van der Waals surface area (Å²) in [5, 5.41) is 0. The van der Waals surface area contributed by atoms with Gasteiger partial charge in [0, 0.05) is 18.2 Å². The molecule has 0 unspecified atom stereocenters. The molecule has 1 aromatic carbocycles. The molecule has 1 aliphatic carbocycles. The second kappa shape index (κ2) is 4.86. The predicted octanol–water partition coefficient (Wildman–Crippen LogP) is 4.75. The van der Waals surface area contributed by atoms with Crippen molar-refractivity contribution in [2.45, 2.75) is 33.1 Å². The molecule has 0 aliphatic heterocycles. The number of halogens is 1. The van der Waals surface area contributed by atoms with E-state index in [1.165, 1.54) is 17.2 Å². The van der Waals surface area contributed by atoms with Crippen molar-refractivity contribution >= 4 is 11.6 Å². The van der Waals surface area contributed by atoms with Crippen molar-refractivity contribution in [2.75, 3.05) is 0 Å². The van der Waals surface area contributed by atoms with Gasteiger partial charge < -0.3 is 0 Å². The standard InChI is InChI=1S/C18H18FN/c1-11(2)15-9-18(20-10-12(15)3)14-7-13-5-4-6-17(19)16(13)8-14/h4-6,8-11H,7H2,1-3H3. The number of allylic oxidation sites excluding steroid dienone is 1. The van der Waals surface area contributed by atoms with Gasteiger partial charge in [0.1, 0.15) is 5.82 Å². The molecule has 0 spiro atoms. The number of rotatable bonds is 2. The summed E-state index contributed by atoms with van der Waals surface area (Å²) in [6.07, 6.45) is 4.62. The lowest BCUT2D eigenvalue weighted by molar-refractivity contribution is 0.624. The molecule has 0 amide bonds. The van der Waals surface area contributed by atoms with Gasteiger partial charge >= 0.3 is 0 Å². The van der Waals surface area contributed by atoms with Gasteiger partial charge in [0.05, 0.1) is 5.69 Å². The van der Waals surface area contributed by atoms with Crippen LogP contribution in [0.3, 0.4) is 0 Å². The van der Waals surface area contributed by atoms with Crippen molar-refractivity contribution < 1.29 is 4.39 Å². The Morgan fingerprint density at radius 1 is 1.25 bits per heavy atom. The summed E-state index contributed by atoms with van der Waals surface area (Å²) in [4.78, 5) is 4.53. The Bertz CT molecular complexity index is 699. The average Bonchev–Trinajstić information content (AvgIpc) is 2.84. The summed E-state index contributed by atoms with van der Waals surface area (Å²) in [7, 11) is 0. The lowest BCUT2D eigenvalue weighted by atomic mass is 9.97. The molecule has 20 heavy (non-hydrogen) atoms. The van der Waals surface area contributed by atoms with E-state index in [9.17, 15) is 4.39 Å². The fourth-order valence-corrected chi connectivity index (χ4v) is 2.83. The molecule has 3 rings (SSSR count). The normalized spacial score (nSPS) is 13.6. The third-order valence-corrected chi connectivity index (χ3v) is 3.94. The van der Waals surface area contributed by atoms with Crippen LogP contribution in [0.25, 0.3) is 11.6 Å². The van der Waals surface area contributed by atoms with E-state index in [2.05, 4.69) is 31.8 Å². The van der Waals surface area contributed by atoms with Crippen LogP contribution in [0.5, 0.6) is 0 Å². The number of fused-ring (bicyclic) bond motifs is 1. The van der Waals surface area contributed by atoms with Gasteiger partial charge in [-0.3, -0.25) is 4.98 Å². The van der Waals surface area contributed by atoms with Crippen molar-refractivity contribution in [3.05, 3.63) is 64.2 Å². The van der Waals surface area contributed by atoms with Crippen molar-refractivity contribution in [3.8, 4) is 0 Å². The second-order valence-corrected chi connectivity index (χ2v) is 5.74. The predicted molar refractivity (Wildman–Crippen MR) is 81.0 cm³/mol. The fourth-order valence-electron chi connectivity index (χ4n) is 2.83. The van der Waals surface area contributed by atoms with E-state index in [1.54, 1.807) is 6.07 Å². The first kappa shape index (κ1) is 13.0. The zero-order valence-electron chi connectivity index (χ0n) is 12.1. The van der Waals surface area contributed by atoms with Crippen LogP contribution in [0.1, 0.15) is 47.7 Å². The van der Waals surface area contributed by atoms with Gasteiger partial charge in [-0.2, -0.15) is 0 Å². The molecule has 0 fully saturated rings. The number of nitrogens with zero attached hydrogens (tertiary/aromatic N) is 1. The highest BCUT2D eigenvalue weighted by Crippen LogP contribution is 2.33. The molecule has 0 N–H and O–H groups in total. The minimum absolute atomic E-state index is 0.145. The number of hydrogen-bond donors (Lipinski definition) is 0. The first-order valence-electron chi connectivity index (χ1n) is 7.01. The summed E-state index contributed by atoms with van der Waals surface area (Å²) in [5.74, 6) is 0.326. The Morgan fingerprint density at radius 3 is 2.75 bits per heavy atom. The van der Waals surface area contributed by atoms with Crippen molar-refractivity contribution in [1.29, 1.82) is 0 Å². The van der Waals surface area contributed by atoms with E-state index >= 15 is 0 Å². The van der Waals surface area contributed by atoms with Crippen LogP contribution in [0.15, 0.2) is 30.5 Å². The smallest absolute Gasteiger partial charge is 0.130 e. The Balaban J connectivity index is 2.03. The molecule has 2 aromatic rings. The van der Waals surface area contributed by atoms with Gasteiger partial charge in [-0.25, -0.2) is 4.39 Å². The Labute approximate surface area is 119 Å². The van der Waals surface area contributed by atoms with E-state index in [1.807, 2.05) is 18.3 Å². The summed E-state index contributed by atoms with van der Waals surface area (Å²) in [6.45, 7) is 6.46. The molecule has 0 bridgehead atoms. The van der Waals surface area contributed by atoms with Crippen LogP contribution < -0.4 is 0 Å². The van der Waals surface area contributed by atoms with Crippen LogP contribution in [0, 0.1) is 12.7 Å². The summed E-state index contributed by atoms with van der Waals surface area (Å²) in [5.41, 5.74) is 6.37. The fraction of sp³-hybridized carbons (Fsp3) is 0.278. The van der Waals surface area contributed by atoms with Crippen LogP contribution in [0.2, 0.25) is 0 Å². The Kier molecular flexibility index (Phi) is 3.17. The number of pyridine rings is 1. The van der Waals surface area contributed by atoms with E-state index in [4.69, 9.17) is 0 Å². The molecule has 0 radical (unpaired) electrons. The lowest BCUT2D eigenvalue weighted by Crippen LogP contribution is -1.97. The molecule has 1 nitrogen and oxygen atoms in total. The zero-order valence-corrected chi connectivity index (χ0v) is 12.1. The molecule has 1 aliphatic rings. The van der Waals surface area contributed by atoms with Gasteiger partial charge in [-0.05, 0) is 53.3 Å². The number of aromatic nitrogens is 1. The average molecular weight is 267 g/mol. The molecule has 0 atom stereocenters. The van der Waals surface area contributed by atoms with Crippen molar-refractivity contribution in [3.63, 3.8) is 0 Å². The number of aryl methyl sites for hydroxylation is 1. The van der Waals surface area contributed by atoms with Crippen LogP contribution in [0.4, 0.5) is 4.39 Å². The molecular formula is C18H18FN. The van der Waals surface area contributed by atoms with Gasteiger partial charge in [0.15, 0.2) is 0 Å². The van der Waals surface area contributed by atoms with E-state index in [0.29, 0.717) is 5.92 Å². The lowest BCUT2D eigenvalue weighted by Gasteiger charge is -2.11. The SMILES string of the molecule is Cc1cnc(C2=Cc3c(F)cccc3C2)cc1C(C)C. The highest BCUT2D eigenvalue weighted by Gasteiger charge is 2.18. The van der Waals surface area contributed by atoms with Crippen LogP contribution in [-0.2, 0) is 6.42 Å². The van der Waals surface area contributed by atoms with E-state index in [-0.39, 0.29) is 5.82 Å². The summed E-state index contributed by atoms with van der Waals surface area (Å²) in [6, 6.07) is 7.42. The molecule has 2 heteroatoms. The minimum atomic E-state index is -0.145. The maximum Gasteiger partial charge on any atom is 0.130 e. The third-order valence-electron chi connectivity index (χ3n) is 3.94. The first-order valence-corrected chi connectivity index (χ1v) is 7.01. The molecule has 1 heterocycles. The molecule has 102 valence electrons. The summed E-state index contributed by atoms with van der Waals surface area (Å²) >= 11 is 0. The molecule has 0 saturated carbocycles. The Hall–Kier alpha value is -1.96. The quantitative estimate of drug-likeness (QED) is 0.765. The van der Waals surface area contributed by atoms with Gasteiger partial charge in [-0.15, -0.1) is 0 Å². The highest BCUT2D eigenvalue weighted by molar-refractivity contribution is 5.87. The van der Waals surface area contributed by atoms with Crippen molar-refractivity contribution in [1.82, 2.24) is 4.98 Å². The zero-order chi connectivity index (χ0) is 14.3. The van der Waals surface area contributed by atoms with E-state index in [0.717, 1.165) is 28.8 Å². The molecular weight excluding hydrogens is 249 g/mol. The highest BCUT2D eigenvalue weighted by atomic mass is 19.1. The maximum atomic E-state index is 13.8. The van der Waals surface area contributed by atoms with Crippen LogP contribution >= 0.6 is 0 Å². The maximum absolute atomic E-state index is 13.8. The monoisotopic (exact) mass is 267 g/mol. The molecule has 0 saturated heterocycles. The first-order chi connectivity index (χ1) is 9.56. The largest absolute Gasteiger partial charge is 0.256 e. The van der Waals surface area contributed by atoms with Gasteiger partial charge in [-0.1, -0.05) is 26.0 Å². The minimum Gasteiger partial charge on any atom is -0.256 e. The number of benzene rings is 1. The van der Waals surface area contributed by atoms with Crippen LogP contribution in [-0.4, -0.2) is 4.98 Å². The van der Waals surface area contributed by atoms with Gasteiger partial charge in [0.2, 0.25) is 0 Å².